The molecular weight excluding hydrogens is 439 g/mol. The minimum absolute atomic E-state index is 0. The van der Waals surface area contributed by atoms with E-state index in [1.165, 1.54) is 0 Å². The van der Waals surface area contributed by atoms with Crippen molar-refractivity contribution in [3.8, 4) is 0 Å². The molecule has 1 fully saturated rings. The molecule has 0 aromatic carbocycles. The predicted molar refractivity (Wildman–Crippen MR) is 67.4 cm³/mol. The molecule has 0 aromatic heterocycles. The van der Waals surface area contributed by atoms with Crippen molar-refractivity contribution in [2.24, 2.45) is 5.41 Å². The van der Waals surface area contributed by atoms with E-state index in [1.54, 1.807) is 0 Å². The van der Waals surface area contributed by atoms with Gasteiger partial charge in [-0.25, -0.2) is 0 Å². The third kappa shape index (κ3) is 13.1. The van der Waals surface area contributed by atoms with Crippen LogP contribution in [-0.2, 0) is 21.1 Å². The van der Waals surface area contributed by atoms with Crippen molar-refractivity contribution in [1.82, 2.24) is 0 Å². The van der Waals surface area contributed by atoms with Gasteiger partial charge >= 0.3 is 21.1 Å². The van der Waals surface area contributed by atoms with Crippen LogP contribution >= 0.6 is 0 Å². The third-order valence-electron chi connectivity index (χ3n) is 2.08. The van der Waals surface area contributed by atoms with Crippen molar-refractivity contribution < 1.29 is 51.7 Å². The Morgan fingerprint density at radius 3 is 1.05 bits per heavy atom. The van der Waals surface area contributed by atoms with Crippen molar-refractivity contribution in [3.05, 3.63) is 11.5 Å². The van der Waals surface area contributed by atoms with Crippen LogP contribution in [0.5, 0.6) is 0 Å². The van der Waals surface area contributed by atoms with Crippen molar-refractivity contribution in [1.29, 1.82) is 0 Å². The van der Waals surface area contributed by atoms with Crippen LogP contribution in [0, 0.1) is 5.41 Å². The van der Waals surface area contributed by atoms with Crippen LogP contribution in [0.15, 0.2) is 0 Å². The van der Waals surface area contributed by atoms with E-state index in [0.29, 0.717) is 12.8 Å². The minimum atomic E-state index is -1.60. The van der Waals surface area contributed by atoms with Crippen LogP contribution < -0.4 is 0 Å². The molecule has 1 aliphatic rings. The van der Waals surface area contributed by atoms with E-state index < -0.39 is 18.0 Å². The number of nitrogens with one attached hydrogen (secondary N) is 2. The maximum atomic E-state index is 8.55. The van der Waals surface area contributed by atoms with Crippen molar-refractivity contribution in [2.75, 3.05) is 26.3 Å². The molecule has 0 aliphatic heterocycles. The fraction of sp³-hybridized carbons (Fsp3) is 1.00. The summed E-state index contributed by atoms with van der Waals surface area (Å²) in [5.41, 5.74) is 11.4. The summed E-state index contributed by atoms with van der Waals surface area (Å²) in [6.45, 7) is 0.222. The smallest absolute Gasteiger partial charge is 0.676 e. The van der Waals surface area contributed by atoms with Crippen molar-refractivity contribution in [3.63, 3.8) is 0 Å². The molecule has 0 aromatic rings. The second kappa shape index (κ2) is 16.4. The normalized spacial score (nSPS) is 14.2. The minimum Gasteiger partial charge on any atom is -0.676 e. The van der Waals surface area contributed by atoms with E-state index in [9.17, 15) is 0 Å². The standard InChI is InChI=1S/C5H10O4.2C2H6NO.CH4.Pt/c6-3(7)5(1-2-5)4(8)9;2*3-1-2-4;;/h3-4,6-9H,1-2H2;2*3-4H,1-2H2;1H4;/q;2*-1;;+2. The zero-order chi connectivity index (χ0) is 13.9. The summed E-state index contributed by atoms with van der Waals surface area (Å²) in [5, 5.41) is 49.6. The fourth-order valence-corrected chi connectivity index (χ4v) is 0.794. The van der Waals surface area contributed by atoms with Gasteiger partial charge in [-0.2, -0.15) is 0 Å². The molecule has 0 atom stereocenters. The van der Waals surface area contributed by atoms with Gasteiger partial charge in [0.1, 0.15) is 0 Å². The summed E-state index contributed by atoms with van der Waals surface area (Å²) in [7, 11) is 0. The Morgan fingerprint density at radius 1 is 0.842 bits per heavy atom. The fourth-order valence-electron chi connectivity index (χ4n) is 0.794. The topological polar surface area (TPSA) is 169 Å². The molecule has 1 rings (SSSR count). The molecule has 0 radical (unpaired) electrons. The second-order valence-electron chi connectivity index (χ2n) is 3.43. The summed E-state index contributed by atoms with van der Waals surface area (Å²) in [5.74, 6) is 0. The molecule has 9 heteroatoms. The number of hydrogen-bond donors (Lipinski definition) is 6. The van der Waals surface area contributed by atoms with Gasteiger partial charge in [0, 0.05) is 13.2 Å². The van der Waals surface area contributed by atoms with E-state index in [0.717, 1.165) is 0 Å². The molecule has 0 unspecified atom stereocenters. The molecule has 8 nitrogen and oxygen atoms in total. The average Bonchev–Trinajstić information content (AvgIpc) is 3.11. The molecule has 1 saturated carbocycles. The first-order valence-electron chi connectivity index (χ1n) is 5.16. The maximum absolute atomic E-state index is 8.55. The van der Waals surface area contributed by atoms with Crippen LogP contribution in [0.25, 0.3) is 11.5 Å². The van der Waals surface area contributed by atoms with Gasteiger partial charge in [0.25, 0.3) is 0 Å². The number of aliphatic hydroxyl groups is 6. The zero-order valence-electron chi connectivity index (χ0n) is 9.90. The molecule has 0 saturated heterocycles. The first-order valence-corrected chi connectivity index (χ1v) is 5.16. The summed E-state index contributed by atoms with van der Waals surface area (Å²) in [6, 6.07) is 0. The van der Waals surface area contributed by atoms with Gasteiger partial charge in [0.2, 0.25) is 0 Å². The van der Waals surface area contributed by atoms with Gasteiger partial charge in [0.15, 0.2) is 12.6 Å². The van der Waals surface area contributed by atoms with Gasteiger partial charge in [-0.3, -0.25) is 0 Å². The van der Waals surface area contributed by atoms with E-state index in [2.05, 4.69) is 0 Å². The molecule has 19 heavy (non-hydrogen) atoms. The van der Waals surface area contributed by atoms with Gasteiger partial charge in [-0.05, 0) is 12.8 Å². The SMILES string of the molecule is C.OC(O)C1(C(O)O)CC1.[NH-]CCO.[NH-]CCO.[Pt+2]. The number of aliphatic hydroxyl groups excluding tert-OH is 4. The molecule has 122 valence electrons. The quantitative estimate of drug-likeness (QED) is 0.294. The van der Waals surface area contributed by atoms with Crippen molar-refractivity contribution in [2.45, 2.75) is 32.8 Å². The van der Waals surface area contributed by atoms with Crippen LogP contribution in [0.3, 0.4) is 0 Å². The Kier molecular flexibility index (Phi) is 23.9. The zero-order valence-corrected chi connectivity index (χ0v) is 12.2. The Bertz CT molecular complexity index is 152. The first-order chi connectivity index (χ1) is 7.92. The van der Waals surface area contributed by atoms with E-state index in [4.69, 9.17) is 42.1 Å². The molecule has 1 aliphatic carbocycles. The average molecular weight is 465 g/mol. The molecule has 8 N–H and O–H groups in total. The van der Waals surface area contributed by atoms with Gasteiger partial charge in [-0.1, -0.05) is 7.43 Å². The van der Waals surface area contributed by atoms with E-state index >= 15 is 0 Å². The Balaban J connectivity index is -0.0000000975. The number of rotatable bonds is 4. The Hall–Kier alpha value is 0.368. The summed E-state index contributed by atoms with van der Waals surface area (Å²) in [6.07, 6.45) is -2.25. The Labute approximate surface area is 128 Å². The van der Waals surface area contributed by atoms with E-state index in [1.807, 2.05) is 0 Å². The third-order valence-corrected chi connectivity index (χ3v) is 2.08. The van der Waals surface area contributed by atoms with Crippen LogP contribution in [-0.4, -0.2) is 69.5 Å². The van der Waals surface area contributed by atoms with Gasteiger partial charge < -0.3 is 42.1 Å². The van der Waals surface area contributed by atoms with Gasteiger partial charge in [0.05, 0.1) is 5.41 Å². The molecule has 0 heterocycles. The largest absolute Gasteiger partial charge is 2.00 e. The first kappa shape index (κ1) is 27.7. The van der Waals surface area contributed by atoms with Crippen LogP contribution in [0.1, 0.15) is 20.3 Å². The predicted octanol–water partition coefficient (Wildman–Crippen LogP) is -0.917. The maximum Gasteiger partial charge on any atom is 2.00 e. The molecule has 0 bridgehead atoms. The molecule has 0 spiro atoms. The molecule has 0 amide bonds. The van der Waals surface area contributed by atoms with E-state index in [-0.39, 0.29) is 54.8 Å². The van der Waals surface area contributed by atoms with Crippen LogP contribution in [0.4, 0.5) is 0 Å². The monoisotopic (exact) mass is 465 g/mol. The van der Waals surface area contributed by atoms with Crippen LogP contribution in [0.2, 0.25) is 0 Å². The second-order valence-corrected chi connectivity index (χ2v) is 3.43. The summed E-state index contributed by atoms with van der Waals surface area (Å²) < 4.78 is 0. The number of hydrogen-bond acceptors (Lipinski definition) is 6. The Morgan fingerprint density at radius 2 is 1.05 bits per heavy atom. The summed E-state index contributed by atoms with van der Waals surface area (Å²) in [4.78, 5) is 0. The van der Waals surface area contributed by atoms with Gasteiger partial charge in [-0.15, -0.1) is 13.1 Å². The molecular formula is C10H26N2O6Pt. The summed E-state index contributed by atoms with van der Waals surface area (Å²) >= 11 is 0. The van der Waals surface area contributed by atoms with Crippen molar-refractivity contribution >= 4 is 0 Å².